The molecule has 1 aliphatic heterocycles. The molecule has 176 valence electrons. The maximum absolute atomic E-state index is 13.6. The molecule has 1 amide bonds. The molecule has 0 fully saturated rings. The number of amides is 1. The van der Waals surface area contributed by atoms with Gasteiger partial charge in [-0.15, -0.1) is 11.3 Å². The Balaban J connectivity index is 1.93. The van der Waals surface area contributed by atoms with E-state index >= 15 is 0 Å². The van der Waals surface area contributed by atoms with Crippen molar-refractivity contribution in [3.63, 3.8) is 0 Å². The maximum atomic E-state index is 13.6. The number of carbonyl (C=O) groups is 3. The van der Waals surface area contributed by atoms with E-state index in [0.29, 0.717) is 31.9 Å². The Bertz CT molecular complexity index is 1400. The number of anilines is 1. The number of benzene rings is 1. The zero-order valence-corrected chi connectivity index (χ0v) is 21.4. The van der Waals surface area contributed by atoms with Crippen molar-refractivity contribution < 1.29 is 24.2 Å². The van der Waals surface area contributed by atoms with E-state index in [2.05, 4.69) is 9.97 Å². The Kier molecular flexibility index (Phi) is 6.52. The van der Waals surface area contributed by atoms with Gasteiger partial charge in [-0.05, 0) is 38.5 Å². The van der Waals surface area contributed by atoms with Crippen LogP contribution in [0.3, 0.4) is 0 Å². The normalized spacial score (nSPS) is 15.9. The molecule has 3 aromatic rings. The predicted molar refractivity (Wildman–Crippen MR) is 130 cm³/mol. The first kappa shape index (κ1) is 24.3. The number of Topliss-reactive ketones (excluding diaryl/α,β-unsaturated/α-hetero) is 1. The van der Waals surface area contributed by atoms with E-state index in [1.165, 1.54) is 13.2 Å². The largest absolute Gasteiger partial charge is 0.503 e. The summed E-state index contributed by atoms with van der Waals surface area (Å²) < 4.78 is 4.79. The number of aliphatic hydroxyl groups is 1. The number of aliphatic hydroxyl groups excluding tert-OH is 1. The van der Waals surface area contributed by atoms with Gasteiger partial charge in [-0.1, -0.05) is 40.6 Å². The van der Waals surface area contributed by atoms with Crippen molar-refractivity contribution in [2.75, 3.05) is 12.0 Å². The van der Waals surface area contributed by atoms with Crippen LogP contribution < -0.4 is 4.90 Å². The van der Waals surface area contributed by atoms with Gasteiger partial charge in [-0.2, -0.15) is 0 Å². The number of methoxy groups -OCH3 is 1. The van der Waals surface area contributed by atoms with Gasteiger partial charge in [0.25, 0.3) is 5.91 Å². The SMILES string of the molecule is COC(=O)c1sc(N2C(=O)C(O)=C(C(=O)c3sc(C)nc3C)C2c2ccc(Cl)cc2Cl)nc1C. The van der Waals surface area contributed by atoms with E-state index in [1.54, 1.807) is 32.9 Å². The Morgan fingerprint density at radius 3 is 2.35 bits per heavy atom. The molecule has 0 saturated carbocycles. The fourth-order valence-corrected chi connectivity index (χ4v) is 6.08. The molecule has 1 unspecified atom stereocenters. The summed E-state index contributed by atoms with van der Waals surface area (Å²) in [6.07, 6.45) is 0. The Morgan fingerprint density at radius 2 is 1.76 bits per heavy atom. The molecule has 0 radical (unpaired) electrons. The van der Waals surface area contributed by atoms with E-state index in [9.17, 15) is 19.5 Å². The molecule has 12 heteroatoms. The van der Waals surface area contributed by atoms with Crippen molar-refractivity contribution >= 4 is 68.7 Å². The molecule has 1 aromatic carbocycles. The van der Waals surface area contributed by atoms with Crippen LogP contribution in [0.2, 0.25) is 10.0 Å². The summed E-state index contributed by atoms with van der Waals surface area (Å²) in [6, 6.07) is 3.52. The van der Waals surface area contributed by atoms with Gasteiger partial charge in [0.05, 0.1) is 40.0 Å². The summed E-state index contributed by atoms with van der Waals surface area (Å²) in [5.41, 5.74) is 1.03. The molecule has 1 atom stereocenters. The lowest BCUT2D eigenvalue weighted by Crippen LogP contribution is -2.31. The van der Waals surface area contributed by atoms with Crippen molar-refractivity contribution in [2.24, 2.45) is 0 Å². The number of hydrogen-bond acceptors (Lipinski definition) is 9. The first-order chi connectivity index (χ1) is 16.0. The van der Waals surface area contributed by atoms with Crippen LogP contribution in [0.15, 0.2) is 29.5 Å². The number of carbonyl (C=O) groups excluding carboxylic acids is 3. The maximum Gasteiger partial charge on any atom is 0.350 e. The summed E-state index contributed by atoms with van der Waals surface area (Å²) in [5.74, 6) is -2.73. The van der Waals surface area contributed by atoms with Gasteiger partial charge in [0, 0.05) is 10.0 Å². The molecule has 4 rings (SSSR count). The highest BCUT2D eigenvalue weighted by atomic mass is 35.5. The highest BCUT2D eigenvalue weighted by Gasteiger charge is 2.47. The van der Waals surface area contributed by atoms with Crippen LogP contribution >= 0.6 is 45.9 Å². The predicted octanol–water partition coefficient (Wildman–Crippen LogP) is 5.40. The molecule has 2 aromatic heterocycles. The molecule has 0 spiro atoms. The van der Waals surface area contributed by atoms with Crippen LogP contribution in [-0.4, -0.2) is 39.8 Å². The number of aromatic nitrogens is 2. The Labute approximate surface area is 212 Å². The van der Waals surface area contributed by atoms with Crippen molar-refractivity contribution in [3.8, 4) is 0 Å². The van der Waals surface area contributed by atoms with E-state index < -0.39 is 29.5 Å². The van der Waals surface area contributed by atoms with Crippen molar-refractivity contribution in [3.05, 3.63) is 71.3 Å². The Hall–Kier alpha value is -2.79. The van der Waals surface area contributed by atoms with Crippen molar-refractivity contribution in [2.45, 2.75) is 26.8 Å². The second-order valence-corrected chi connectivity index (χ2v) is 10.4. The highest BCUT2D eigenvalue weighted by molar-refractivity contribution is 7.17. The van der Waals surface area contributed by atoms with Gasteiger partial charge in [-0.25, -0.2) is 14.8 Å². The van der Waals surface area contributed by atoms with Crippen molar-refractivity contribution in [1.82, 2.24) is 9.97 Å². The molecular formula is C22H17Cl2N3O5S2. The Morgan fingerprint density at radius 1 is 1.09 bits per heavy atom. The number of thiazole rings is 2. The molecule has 1 N–H and O–H groups in total. The molecular weight excluding hydrogens is 521 g/mol. The lowest BCUT2D eigenvalue weighted by Gasteiger charge is -2.25. The lowest BCUT2D eigenvalue weighted by atomic mass is 9.95. The van der Waals surface area contributed by atoms with Gasteiger partial charge < -0.3 is 9.84 Å². The van der Waals surface area contributed by atoms with E-state index in [4.69, 9.17) is 27.9 Å². The fourth-order valence-electron chi connectivity index (χ4n) is 3.68. The smallest absolute Gasteiger partial charge is 0.350 e. The summed E-state index contributed by atoms with van der Waals surface area (Å²) in [4.78, 5) is 49.3. The molecule has 0 saturated heterocycles. The number of nitrogens with zero attached hydrogens (tertiary/aromatic N) is 3. The monoisotopic (exact) mass is 537 g/mol. The van der Waals surface area contributed by atoms with Crippen LogP contribution in [0.4, 0.5) is 5.13 Å². The first-order valence-corrected chi connectivity index (χ1v) is 12.2. The summed E-state index contributed by atoms with van der Waals surface area (Å²) >= 11 is 14.6. The molecule has 34 heavy (non-hydrogen) atoms. The van der Waals surface area contributed by atoms with Crippen LogP contribution in [-0.2, 0) is 9.53 Å². The zero-order valence-electron chi connectivity index (χ0n) is 18.3. The number of ketones is 1. The van der Waals surface area contributed by atoms with E-state index in [-0.39, 0.29) is 20.6 Å². The zero-order chi connectivity index (χ0) is 24.9. The molecule has 3 heterocycles. The van der Waals surface area contributed by atoms with Crippen molar-refractivity contribution in [1.29, 1.82) is 0 Å². The highest BCUT2D eigenvalue weighted by Crippen LogP contribution is 2.46. The van der Waals surface area contributed by atoms with Gasteiger partial charge >= 0.3 is 5.97 Å². The average Bonchev–Trinajstić information content (AvgIpc) is 3.40. The number of ether oxygens (including phenoxy) is 1. The van der Waals surface area contributed by atoms with Crippen LogP contribution in [0.1, 0.15) is 47.3 Å². The van der Waals surface area contributed by atoms with Crippen LogP contribution in [0.25, 0.3) is 0 Å². The van der Waals surface area contributed by atoms with E-state index in [1.807, 2.05) is 0 Å². The number of esters is 1. The van der Waals surface area contributed by atoms with Crippen LogP contribution in [0.5, 0.6) is 0 Å². The van der Waals surface area contributed by atoms with Gasteiger partial charge in [0.1, 0.15) is 4.88 Å². The molecule has 1 aliphatic rings. The summed E-state index contributed by atoms with van der Waals surface area (Å²) in [7, 11) is 1.24. The number of hydrogen-bond donors (Lipinski definition) is 1. The number of halogens is 2. The molecule has 0 aliphatic carbocycles. The second-order valence-electron chi connectivity index (χ2n) is 7.38. The third kappa shape index (κ3) is 4.00. The van der Waals surface area contributed by atoms with E-state index in [0.717, 1.165) is 27.6 Å². The number of aryl methyl sites for hydroxylation is 3. The minimum absolute atomic E-state index is 0.102. The van der Waals surface area contributed by atoms with Crippen LogP contribution in [0, 0.1) is 20.8 Å². The molecule has 8 nitrogen and oxygen atoms in total. The third-order valence-electron chi connectivity index (χ3n) is 5.18. The summed E-state index contributed by atoms with van der Waals surface area (Å²) in [6.45, 7) is 5.04. The van der Waals surface area contributed by atoms with Gasteiger partial charge in [0.2, 0.25) is 5.78 Å². The molecule has 0 bridgehead atoms. The van der Waals surface area contributed by atoms with Gasteiger partial charge in [0.15, 0.2) is 10.9 Å². The third-order valence-corrected chi connectivity index (χ3v) is 7.95. The minimum atomic E-state index is -1.11. The topological polar surface area (TPSA) is 110 Å². The average molecular weight is 538 g/mol. The fraction of sp³-hybridized carbons (Fsp3) is 0.227. The standard InChI is InChI=1S/C22H17Cl2N3O5S2/c1-8-18(33-10(3)25-8)16(28)14-15(12-6-5-11(23)7-13(12)24)27(20(30)17(14)29)22-26-9(2)19(34-22)21(31)32-4/h5-7,15,29H,1-4H3. The lowest BCUT2D eigenvalue weighted by molar-refractivity contribution is -0.117. The quantitative estimate of drug-likeness (QED) is 0.342. The first-order valence-electron chi connectivity index (χ1n) is 9.81. The van der Waals surface area contributed by atoms with Gasteiger partial charge in [-0.3, -0.25) is 14.5 Å². The second kappa shape index (κ2) is 9.10. The minimum Gasteiger partial charge on any atom is -0.503 e. The number of rotatable bonds is 5. The summed E-state index contributed by atoms with van der Waals surface area (Å²) in [5, 5.41) is 12.2.